The summed E-state index contributed by atoms with van der Waals surface area (Å²) in [4.78, 5) is 10.5. The summed E-state index contributed by atoms with van der Waals surface area (Å²) in [6.45, 7) is 0.509. The van der Waals surface area contributed by atoms with Crippen molar-refractivity contribution in [3.8, 4) is 5.75 Å². The molecule has 1 atom stereocenters. The van der Waals surface area contributed by atoms with E-state index in [1.807, 2.05) is 24.3 Å². The Morgan fingerprint density at radius 3 is 2.57 bits per heavy atom. The summed E-state index contributed by atoms with van der Waals surface area (Å²) < 4.78 is 6.32. The number of para-hydroxylation sites is 1. The summed E-state index contributed by atoms with van der Waals surface area (Å²) in [5.41, 5.74) is 3.41. The van der Waals surface area contributed by atoms with Crippen molar-refractivity contribution < 1.29 is 49.3 Å². The van der Waals surface area contributed by atoms with Gasteiger partial charge in [-0.1, -0.05) is 61.4 Å². The van der Waals surface area contributed by atoms with Gasteiger partial charge in [0.2, 0.25) is 0 Å². The van der Waals surface area contributed by atoms with E-state index in [9.17, 15) is 15.0 Å². The van der Waals surface area contributed by atoms with Gasteiger partial charge in [0, 0.05) is 12.2 Å². The van der Waals surface area contributed by atoms with Gasteiger partial charge in [-0.25, -0.2) is 0 Å². The largest absolute Gasteiger partial charge is 1.00 e. The summed E-state index contributed by atoms with van der Waals surface area (Å²) in [5.74, 6) is 0.944. The maximum Gasteiger partial charge on any atom is 1.00 e. The molecule has 1 saturated carbocycles. The van der Waals surface area contributed by atoms with Crippen molar-refractivity contribution in [2.24, 2.45) is 0 Å². The van der Waals surface area contributed by atoms with Crippen molar-refractivity contribution in [3.63, 3.8) is 0 Å². The topological polar surface area (TPSA) is 69.6 Å². The monoisotopic (exact) mass is 436 g/mol. The first-order chi connectivity index (χ1) is 14.1. The maximum absolute atomic E-state index is 10.5. The summed E-state index contributed by atoms with van der Waals surface area (Å²) in [6.07, 6.45) is 5.42. The first-order valence-electron chi connectivity index (χ1n) is 10.4. The molecule has 0 radical (unpaired) electrons. The number of aliphatic hydroxyl groups excluding tert-OH is 1. The zero-order valence-electron chi connectivity index (χ0n) is 17.7. The van der Waals surface area contributed by atoms with Crippen LogP contribution in [0.4, 0.5) is 0 Å². The van der Waals surface area contributed by atoms with Crippen LogP contribution in [0.3, 0.4) is 0 Å². The van der Waals surface area contributed by atoms with Crippen molar-refractivity contribution in [2.75, 3.05) is 11.5 Å². The molecule has 1 aliphatic carbocycles. The summed E-state index contributed by atoms with van der Waals surface area (Å²) in [7, 11) is 0. The molecule has 0 saturated heterocycles. The summed E-state index contributed by atoms with van der Waals surface area (Å²) in [5, 5.41) is 21.0. The number of aliphatic carboxylic acids is 1. The molecule has 0 amide bonds. The molecule has 1 N–H and O–H groups in total. The number of hydrogen-bond acceptors (Lipinski definition) is 5. The van der Waals surface area contributed by atoms with E-state index < -0.39 is 12.1 Å². The van der Waals surface area contributed by atoms with Crippen LogP contribution in [-0.2, 0) is 17.8 Å². The van der Waals surface area contributed by atoms with E-state index in [0.29, 0.717) is 31.1 Å². The number of hydrogen-bond donors (Lipinski definition) is 1. The van der Waals surface area contributed by atoms with Crippen LogP contribution in [0.1, 0.15) is 54.7 Å². The Hall–Kier alpha value is -0.980. The van der Waals surface area contributed by atoms with Crippen molar-refractivity contribution >= 4 is 17.7 Å². The predicted molar refractivity (Wildman–Crippen MR) is 115 cm³/mol. The van der Waals surface area contributed by atoms with E-state index in [1.165, 1.54) is 43.0 Å². The molecule has 0 aromatic heterocycles. The van der Waals surface area contributed by atoms with Gasteiger partial charge in [-0.15, -0.1) is 0 Å². The van der Waals surface area contributed by atoms with E-state index in [0.717, 1.165) is 16.9 Å². The van der Waals surface area contributed by atoms with Crippen molar-refractivity contribution in [3.05, 3.63) is 65.2 Å². The Kier molecular flexibility index (Phi) is 11.3. The number of carbonyl (C=O) groups is 1. The van der Waals surface area contributed by atoms with Crippen LogP contribution >= 0.6 is 11.8 Å². The van der Waals surface area contributed by atoms with Gasteiger partial charge in [0.1, 0.15) is 12.4 Å². The SMILES string of the molecule is O=C([O-])CSCCC(O)Cc1cccc(C2CCCC2)c1OCc1ccccc1.[Na+]. The number of rotatable bonds is 11. The van der Waals surface area contributed by atoms with Gasteiger partial charge in [0.25, 0.3) is 0 Å². The van der Waals surface area contributed by atoms with Gasteiger partial charge in [0.05, 0.1) is 12.1 Å². The Morgan fingerprint density at radius 1 is 1.13 bits per heavy atom. The number of carboxylic acids is 1. The zero-order chi connectivity index (χ0) is 20.5. The van der Waals surface area contributed by atoms with Crippen LogP contribution in [-0.4, -0.2) is 28.7 Å². The smallest absolute Gasteiger partial charge is 0.549 e. The molecule has 2 aromatic carbocycles. The third-order valence-corrected chi connectivity index (χ3v) is 6.38. The molecule has 6 heteroatoms. The van der Waals surface area contributed by atoms with Gasteiger partial charge >= 0.3 is 29.6 Å². The predicted octanol–water partition coefficient (Wildman–Crippen LogP) is 0.704. The van der Waals surface area contributed by atoms with Crippen LogP contribution < -0.4 is 39.4 Å². The molecule has 0 heterocycles. The summed E-state index contributed by atoms with van der Waals surface area (Å²) >= 11 is 1.28. The minimum atomic E-state index is -1.06. The molecule has 156 valence electrons. The second kappa shape index (κ2) is 13.4. The normalized spacial score (nSPS) is 14.8. The van der Waals surface area contributed by atoms with E-state index in [-0.39, 0.29) is 35.3 Å². The molecular formula is C24H29NaO4S. The van der Waals surface area contributed by atoms with Crippen LogP contribution in [0, 0.1) is 0 Å². The Balaban J connectivity index is 0.00000320. The van der Waals surface area contributed by atoms with Gasteiger partial charge in [-0.2, -0.15) is 11.8 Å². The second-order valence-electron chi connectivity index (χ2n) is 7.66. The van der Waals surface area contributed by atoms with Crippen molar-refractivity contribution in [1.29, 1.82) is 0 Å². The number of benzene rings is 2. The molecule has 4 nitrogen and oxygen atoms in total. The van der Waals surface area contributed by atoms with Gasteiger partial charge < -0.3 is 19.7 Å². The zero-order valence-corrected chi connectivity index (χ0v) is 20.5. The molecule has 1 unspecified atom stereocenters. The molecule has 1 fully saturated rings. The molecule has 0 bridgehead atoms. The van der Waals surface area contributed by atoms with Crippen molar-refractivity contribution in [1.82, 2.24) is 0 Å². The number of aliphatic hydroxyl groups is 1. The summed E-state index contributed by atoms with van der Waals surface area (Å²) in [6, 6.07) is 16.4. The number of thioether (sulfide) groups is 1. The van der Waals surface area contributed by atoms with Gasteiger partial charge in [0.15, 0.2) is 0 Å². The minimum Gasteiger partial charge on any atom is -0.549 e. The molecule has 3 rings (SSSR count). The minimum absolute atomic E-state index is 0. The van der Waals surface area contributed by atoms with Gasteiger partial charge in [-0.3, -0.25) is 0 Å². The number of carbonyl (C=O) groups excluding carboxylic acids is 1. The van der Waals surface area contributed by atoms with Crippen LogP contribution in [0.5, 0.6) is 5.75 Å². The Morgan fingerprint density at radius 2 is 1.87 bits per heavy atom. The molecule has 0 spiro atoms. The average molecular weight is 437 g/mol. The first kappa shape index (κ1) is 25.3. The molecule has 30 heavy (non-hydrogen) atoms. The van der Waals surface area contributed by atoms with E-state index in [2.05, 4.69) is 24.3 Å². The quantitative estimate of drug-likeness (QED) is 0.415. The third-order valence-electron chi connectivity index (χ3n) is 5.42. The fourth-order valence-electron chi connectivity index (χ4n) is 3.96. The van der Waals surface area contributed by atoms with Crippen LogP contribution in [0.15, 0.2) is 48.5 Å². The molecular weight excluding hydrogens is 407 g/mol. The first-order valence-corrected chi connectivity index (χ1v) is 11.5. The molecule has 1 aliphatic rings. The van der Waals surface area contributed by atoms with E-state index in [1.54, 1.807) is 0 Å². The fourth-order valence-corrected chi connectivity index (χ4v) is 4.71. The van der Waals surface area contributed by atoms with Crippen LogP contribution in [0.2, 0.25) is 0 Å². The van der Waals surface area contributed by atoms with Crippen molar-refractivity contribution in [2.45, 2.75) is 57.2 Å². The molecule has 2 aromatic rings. The third kappa shape index (κ3) is 7.93. The van der Waals surface area contributed by atoms with Gasteiger partial charge in [-0.05, 0) is 47.6 Å². The standard InChI is InChI=1S/C24H30O4S.Na/c25-21(13-14-29-17-23(26)27)15-20-11-6-12-22(19-9-4-5-10-19)24(20)28-16-18-7-2-1-3-8-18;/h1-3,6-8,11-12,19,21,25H,4-5,9-10,13-17H2,(H,26,27);/q;+1/p-1. The number of carboxylic acid groups (broad SMARTS) is 1. The second-order valence-corrected chi connectivity index (χ2v) is 8.77. The fraction of sp³-hybridized carbons (Fsp3) is 0.458. The number of ether oxygens (including phenoxy) is 1. The Labute approximate surface area is 205 Å². The van der Waals surface area contributed by atoms with E-state index in [4.69, 9.17) is 4.74 Å². The van der Waals surface area contributed by atoms with E-state index >= 15 is 0 Å². The van der Waals surface area contributed by atoms with Crippen LogP contribution in [0.25, 0.3) is 0 Å². The average Bonchev–Trinajstić information content (AvgIpc) is 3.25. The Bertz CT molecular complexity index is 778. The molecule has 0 aliphatic heterocycles. The maximum atomic E-state index is 10.5.